The van der Waals surface area contributed by atoms with Crippen molar-refractivity contribution in [2.24, 2.45) is 0 Å². The van der Waals surface area contributed by atoms with Gasteiger partial charge >= 0.3 is 5.97 Å². The van der Waals surface area contributed by atoms with Crippen molar-refractivity contribution in [2.75, 3.05) is 31.0 Å². The van der Waals surface area contributed by atoms with E-state index in [4.69, 9.17) is 15.2 Å². The van der Waals surface area contributed by atoms with E-state index in [1.54, 1.807) is 30.0 Å². The SMILES string of the molecule is CCSCCOC(=O)c1cccc(N)c1OC. The van der Waals surface area contributed by atoms with Gasteiger partial charge < -0.3 is 15.2 Å². The minimum atomic E-state index is -0.397. The lowest BCUT2D eigenvalue weighted by Crippen LogP contribution is -2.10. The molecule has 0 aliphatic rings. The van der Waals surface area contributed by atoms with Gasteiger partial charge in [-0.25, -0.2) is 4.79 Å². The molecular formula is C12H17NO3S. The molecule has 0 amide bonds. The van der Waals surface area contributed by atoms with Crippen molar-refractivity contribution in [1.82, 2.24) is 0 Å². The Kier molecular flexibility index (Phi) is 5.69. The fourth-order valence-corrected chi connectivity index (χ4v) is 1.85. The highest BCUT2D eigenvalue weighted by atomic mass is 32.2. The first-order chi connectivity index (χ1) is 8.20. The number of benzene rings is 1. The normalized spacial score (nSPS) is 10.0. The smallest absolute Gasteiger partial charge is 0.342 e. The Morgan fingerprint density at radius 1 is 1.47 bits per heavy atom. The lowest BCUT2D eigenvalue weighted by atomic mass is 10.2. The number of nitrogens with two attached hydrogens (primary N) is 1. The highest BCUT2D eigenvalue weighted by Gasteiger charge is 2.15. The summed E-state index contributed by atoms with van der Waals surface area (Å²) >= 11 is 1.73. The quantitative estimate of drug-likeness (QED) is 0.479. The average Bonchev–Trinajstić information content (AvgIpc) is 2.34. The number of hydrogen-bond acceptors (Lipinski definition) is 5. The third-order valence-corrected chi connectivity index (χ3v) is 3.00. The number of esters is 1. The summed E-state index contributed by atoms with van der Waals surface area (Å²) < 4.78 is 10.2. The highest BCUT2D eigenvalue weighted by Crippen LogP contribution is 2.26. The van der Waals surface area contributed by atoms with Gasteiger partial charge in [0.25, 0.3) is 0 Å². The van der Waals surface area contributed by atoms with Crippen LogP contribution in [0.4, 0.5) is 5.69 Å². The monoisotopic (exact) mass is 255 g/mol. The summed E-state index contributed by atoms with van der Waals surface area (Å²) in [5.74, 6) is 1.79. The van der Waals surface area contributed by atoms with Gasteiger partial charge in [0.05, 0.1) is 12.8 Å². The predicted octanol–water partition coefficient (Wildman–Crippen LogP) is 2.19. The summed E-state index contributed by atoms with van der Waals surface area (Å²) in [7, 11) is 1.48. The molecule has 0 saturated carbocycles. The van der Waals surface area contributed by atoms with E-state index in [9.17, 15) is 4.79 Å². The summed E-state index contributed by atoms with van der Waals surface area (Å²) in [6.45, 7) is 2.46. The molecule has 0 spiro atoms. The molecule has 94 valence electrons. The van der Waals surface area contributed by atoms with Crippen molar-refractivity contribution in [1.29, 1.82) is 0 Å². The van der Waals surface area contributed by atoms with Crippen LogP contribution in [0.5, 0.6) is 5.75 Å². The van der Waals surface area contributed by atoms with E-state index < -0.39 is 5.97 Å². The van der Waals surface area contributed by atoms with Gasteiger partial charge in [0.1, 0.15) is 12.2 Å². The van der Waals surface area contributed by atoms with E-state index in [-0.39, 0.29) is 0 Å². The summed E-state index contributed by atoms with van der Waals surface area (Å²) in [6, 6.07) is 5.03. The second-order valence-corrected chi connectivity index (χ2v) is 4.65. The first kappa shape index (κ1) is 13.7. The minimum Gasteiger partial charge on any atom is -0.494 e. The van der Waals surface area contributed by atoms with Crippen LogP contribution >= 0.6 is 11.8 Å². The van der Waals surface area contributed by atoms with E-state index in [0.717, 1.165) is 11.5 Å². The van der Waals surface area contributed by atoms with Crippen molar-refractivity contribution in [3.05, 3.63) is 23.8 Å². The molecule has 0 unspecified atom stereocenters. The lowest BCUT2D eigenvalue weighted by molar-refractivity contribution is 0.0527. The highest BCUT2D eigenvalue weighted by molar-refractivity contribution is 7.99. The number of carbonyl (C=O) groups excluding carboxylic acids is 1. The van der Waals surface area contributed by atoms with Gasteiger partial charge in [-0.05, 0) is 17.9 Å². The van der Waals surface area contributed by atoms with Gasteiger partial charge in [0.15, 0.2) is 5.75 Å². The van der Waals surface area contributed by atoms with Crippen LogP contribution in [0, 0.1) is 0 Å². The van der Waals surface area contributed by atoms with Crippen LogP contribution in [0.15, 0.2) is 18.2 Å². The zero-order valence-electron chi connectivity index (χ0n) is 10.1. The number of methoxy groups -OCH3 is 1. The first-order valence-corrected chi connectivity index (χ1v) is 6.53. The number of ether oxygens (including phenoxy) is 2. The van der Waals surface area contributed by atoms with Crippen LogP contribution in [0.2, 0.25) is 0 Å². The lowest BCUT2D eigenvalue weighted by Gasteiger charge is -2.10. The molecule has 4 nitrogen and oxygen atoms in total. The molecule has 0 atom stereocenters. The Labute approximate surface area is 105 Å². The molecule has 0 radical (unpaired) electrons. The molecule has 0 saturated heterocycles. The van der Waals surface area contributed by atoms with Crippen LogP contribution in [0.3, 0.4) is 0 Å². The molecule has 2 N–H and O–H groups in total. The maximum atomic E-state index is 11.8. The standard InChI is InChI=1S/C12H17NO3S/c1-3-17-8-7-16-12(14)9-5-4-6-10(13)11(9)15-2/h4-6H,3,7-8,13H2,1-2H3. The van der Waals surface area contributed by atoms with E-state index >= 15 is 0 Å². The van der Waals surface area contributed by atoms with Gasteiger partial charge in [-0.2, -0.15) is 11.8 Å². The number of anilines is 1. The summed E-state index contributed by atoms with van der Waals surface area (Å²) in [4.78, 5) is 11.8. The molecule has 1 aromatic rings. The predicted molar refractivity (Wildman–Crippen MR) is 70.7 cm³/mol. The Morgan fingerprint density at radius 2 is 2.24 bits per heavy atom. The molecule has 1 aromatic carbocycles. The maximum absolute atomic E-state index is 11.8. The molecule has 1 rings (SSSR count). The van der Waals surface area contributed by atoms with E-state index in [1.165, 1.54) is 7.11 Å². The van der Waals surface area contributed by atoms with Crippen LogP contribution in [0.25, 0.3) is 0 Å². The minimum absolute atomic E-state index is 0.369. The van der Waals surface area contributed by atoms with Gasteiger partial charge in [-0.1, -0.05) is 13.0 Å². The largest absolute Gasteiger partial charge is 0.494 e. The third-order valence-electron chi connectivity index (χ3n) is 2.13. The van der Waals surface area contributed by atoms with Crippen molar-refractivity contribution >= 4 is 23.4 Å². The van der Waals surface area contributed by atoms with Crippen molar-refractivity contribution in [3.8, 4) is 5.75 Å². The Balaban J connectivity index is 2.65. The zero-order valence-corrected chi connectivity index (χ0v) is 10.9. The molecule has 17 heavy (non-hydrogen) atoms. The Hall–Kier alpha value is -1.36. The van der Waals surface area contributed by atoms with Crippen LogP contribution in [-0.2, 0) is 4.74 Å². The number of nitrogen functional groups attached to an aromatic ring is 1. The van der Waals surface area contributed by atoms with Gasteiger partial charge in [0, 0.05) is 5.75 Å². The third kappa shape index (κ3) is 3.85. The molecule has 5 heteroatoms. The fourth-order valence-electron chi connectivity index (χ4n) is 1.36. The summed E-state index contributed by atoms with van der Waals surface area (Å²) in [5, 5.41) is 0. The van der Waals surface area contributed by atoms with Gasteiger partial charge in [-0.15, -0.1) is 0 Å². The zero-order chi connectivity index (χ0) is 12.7. The fraction of sp³-hybridized carbons (Fsp3) is 0.417. The number of hydrogen-bond donors (Lipinski definition) is 1. The number of carbonyl (C=O) groups is 1. The maximum Gasteiger partial charge on any atom is 0.342 e. The summed E-state index contributed by atoms with van der Waals surface area (Å²) in [6.07, 6.45) is 0. The number of thioether (sulfide) groups is 1. The van der Waals surface area contributed by atoms with Crippen LogP contribution in [-0.4, -0.2) is 31.2 Å². The Morgan fingerprint density at radius 3 is 2.88 bits per heavy atom. The van der Waals surface area contributed by atoms with Gasteiger partial charge in [0.2, 0.25) is 0 Å². The number of rotatable bonds is 6. The van der Waals surface area contributed by atoms with E-state index in [1.807, 2.05) is 0 Å². The van der Waals surface area contributed by atoms with E-state index in [2.05, 4.69) is 6.92 Å². The van der Waals surface area contributed by atoms with E-state index in [0.29, 0.717) is 23.6 Å². The second-order valence-electron chi connectivity index (χ2n) is 3.26. The van der Waals surface area contributed by atoms with Crippen molar-refractivity contribution in [3.63, 3.8) is 0 Å². The Bertz CT molecular complexity index is 382. The van der Waals surface area contributed by atoms with Crippen LogP contribution in [0.1, 0.15) is 17.3 Å². The molecular weight excluding hydrogens is 238 g/mol. The molecule has 0 aliphatic carbocycles. The van der Waals surface area contributed by atoms with Crippen LogP contribution < -0.4 is 10.5 Å². The molecule has 0 aliphatic heterocycles. The first-order valence-electron chi connectivity index (χ1n) is 5.38. The second kappa shape index (κ2) is 7.06. The van der Waals surface area contributed by atoms with Gasteiger partial charge in [-0.3, -0.25) is 0 Å². The molecule has 0 heterocycles. The number of para-hydroxylation sites is 1. The summed E-state index contributed by atoms with van der Waals surface area (Å²) in [5.41, 5.74) is 6.51. The van der Waals surface area contributed by atoms with Crippen molar-refractivity contribution in [2.45, 2.75) is 6.92 Å². The topological polar surface area (TPSA) is 61.5 Å². The molecule has 0 fully saturated rings. The van der Waals surface area contributed by atoms with Crippen molar-refractivity contribution < 1.29 is 14.3 Å². The molecule has 0 bridgehead atoms. The molecule has 0 aromatic heterocycles. The average molecular weight is 255 g/mol.